The maximum absolute atomic E-state index is 11.8. The number of Topliss-reactive ketones (excluding diaryl/α,β-unsaturated/α-hetero) is 1. The molecule has 0 spiro atoms. The second-order valence-electron chi connectivity index (χ2n) is 4.41. The van der Waals surface area contributed by atoms with Crippen LogP contribution in [0.3, 0.4) is 0 Å². The average Bonchev–Trinajstić information content (AvgIpc) is 2.41. The summed E-state index contributed by atoms with van der Waals surface area (Å²) in [6.07, 6.45) is 2.03. The van der Waals surface area contributed by atoms with Crippen LogP contribution in [0.4, 0.5) is 5.69 Å². The Bertz CT molecular complexity index is 508. The van der Waals surface area contributed by atoms with Gasteiger partial charge in [0.15, 0.2) is 11.9 Å². The first kappa shape index (κ1) is 13.2. The van der Waals surface area contributed by atoms with Gasteiger partial charge in [0, 0.05) is 18.6 Å². The van der Waals surface area contributed by atoms with Crippen molar-refractivity contribution in [2.24, 2.45) is 0 Å². The predicted molar refractivity (Wildman–Crippen MR) is 65.8 cm³/mol. The first-order chi connectivity index (χ1) is 9.08. The second-order valence-corrected chi connectivity index (χ2v) is 4.41. The Kier molecular flexibility index (Phi) is 3.89. The van der Waals surface area contributed by atoms with Crippen molar-refractivity contribution in [3.63, 3.8) is 0 Å². The van der Waals surface area contributed by atoms with Crippen LogP contribution >= 0.6 is 0 Å². The summed E-state index contributed by atoms with van der Waals surface area (Å²) in [6, 6.07) is 5.13. The SMILES string of the molecule is O=C(O[C@H]1CCCCC1=O)c1ccc([N+](=O)[O-])cc1. The Balaban J connectivity index is 2.03. The molecule has 0 bridgehead atoms. The third kappa shape index (κ3) is 3.15. The lowest BCUT2D eigenvalue weighted by Crippen LogP contribution is -2.30. The number of nitro benzene ring substituents is 1. The van der Waals surface area contributed by atoms with Gasteiger partial charge in [-0.2, -0.15) is 0 Å². The fourth-order valence-corrected chi connectivity index (χ4v) is 1.99. The number of nitro groups is 1. The number of carbonyl (C=O) groups excluding carboxylic acids is 2. The van der Waals surface area contributed by atoms with Gasteiger partial charge in [-0.25, -0.2) is 4.79 Å². The van der Waals surface area contributed by atoms with E-state index in [2.05, 4.69) is 0 Å². The zero-order valence-corrected chi connectivity index (χ0v) is 10.2. The number of ketones is 1. The fourth-order valence-electron chi connectivity index (χ4n) is 1.99. The van der Waals surface area contributed by atoms with Crippen molar-refractivity contribution >= 4 is 17.4 Å². The van der Waals surface area contributed by atoms with E-state index in [1.807, 2.05) is 0 Å². The van der Waals surface area contributed by atoms with E-state index in [-0.39, 0.29) is 17.0 Å². The summed E-state index contributed by atoms with van der Waals surface area (Å²) in [7, 11) is 0. The molecule has 1 saturated carbocycles. The first-order valence-corrected chi connectivity index (χ1v) is 6.06. The van der Waals surface area contributed by atoms with Crippen LogP contribution in [0.5, 0.6) is 0 Å². The van der Waals surface area contributed by atoms with Crippen LogP contribution in [0.25, 0.3) is 0 Å². The van der Waals surface area contributed by atoms with Crippen molar-refractivity contribution in [2.75, 3.05) is 0 Å². The number of ether oxygens (including phenoxy) is 1. The van der Waals surface area contributed by atoms with E-state index in [0.29, 0.717) is 12.8 Å². The third-order valence-electron chi connectivity index (χ3n) is 3.06. The number of rotatable bonds is 3. The van der Waals surface area contributed by atoms with Crippen LogP contribution in [-0.4, -0.2) is 22.8 Å². The molecule has 6 heteroatoms. The standard InChI is InChI=1S/C13H13NO5/c15-11-3-1-2-4-12(11)19-13(16)9-5-7-10(8-6-9)14(17)18/h5-8,12H,1-4H2/t12-/m0/s1. The summed E-state index contributed by atoms with van der Waals surface area (Å²) in [6.45, 7) is 0. The minimum Gasteiger partial charge on any atom is -0.451 e. The molecular formula is C13H13NO5. The zero-order valence-electron chi connectivity index (χ0n) is 10.2. The normalized spacial score (nSPS) is 18.9. The van der Waals surface area contributed by atoms with Gasteiger partial charge in [-0.3, -0.25) is 14.9 Å². The Morgan fingerprint density at radius 2 is 1.95 bits per heavy atom. The van der Waals surface area contributed by atoms with Crippen molar-refractivity contribution in [3.05, 3.63) is 39.9 Å². The van der Waals surface area contributed by atoms with Crippen molar-refractivity contribution in [1.82, 2.24) is 0 Å². The van der Waals surface area contributed by atoms with Crippen LogP contribution in [0.15, 0.2) is 24.3 Å². The average molecular weight is 263 g/mol. The molecule has 1 aliphatic rings. The van der Waals surface area contributed by atoms with E-state index < -0.39 is 17.0 Å². The number of nitrogens with zero attached hydrogens (tertiary/aromatic N) is 1. The van der Waals surface area contributed by atoms with E-state index in [9.17, 15) is 19.7 Å². The molecule has 100 valence electrons. The number of hydrogen-bond acceptors (Lipinski definition) is 5. The van der Waals surface area contributed by atoms with Gasteiger partial charge >= 0.3 is 5.97 Å². The molecule has 0 aliphatic heterocycles. The van der Waals surface area contributed by atoms with E-state index in [4.69, 9.17) is 4.74 Å². The van der Waals surface area contributed by atoms with Crippen LogP contribution in [0.1, 0.15) is 36.0 Å². The second kappa shape index (κ2) is 5.60. The number of esters is 1. The number of carbonyl (C=O) groups is 2. The Labute approximate surface area is 109 Å². The third-order valence-corrected chi connectivity index (χ3v) is 3.06. The topological polar surface area (TPSA) is 86.5 Å². The van der Waals surface area contributed by atoms with E-state index in [0.717, 1.165) is 12.8 Å². The molecule has 1 aromatic carbocycles. The summed E-state index contributed by atoms with van der Waals surface area (Å²) in [5.74, 6) is -0.670. The molecule has 6 nitrogen and oxygen atoms in total. The smallest absolute Gasteiger partial charge is 0.338 e. The molecule has 0 aromatic heterocycles. The molecule has 1 fully saturated rings. The molecule has 0 unspecified atom stereocenters. The maximum Gasteiger partial charge on any atom is 0.338 e. The van der Waals surface area contributed by atoms with Gasteiger partial charge in [0.1, 0.15) is 0 Å². The van der Waals surface area contributed by atoms with Crippen LogP contribution in [0.2, 0.25) is 0 Å². The van der Waals surface area contributed by atoms with Gasteiger partial charge in [0.25, 0.3) is 5.69 Å². The minimum absolute atomic E-state index is 0.0542. The lowest BCUT2D eigenvalue weighted by atomic mass is 9.96. The monoisotopic (exact) mass is 263 g/mol. The quantitative estimate of drug-likeness (QED) is 0.474. The highest BCUT2D eigenvalue weighted by Crippen LogP contribution is 2.19. The Hall–Kier alpha value is -2.24. The molecule has 2 rings (SSSR count). The highest BCUT2D eigenvalue weighted by atomic mass is 16.6. The molecule has 0 N–H and O–H groups in total. The Morgan fingerprint density at radius 1 is 1.26 bits per heavy atom. The molecule has 0 saturated heterocycles. The van der Waals surface area contributed by atoms with Gasteiger partial charge < -0.3 is 4.74 Å². The van der Waals surface area contributed by atoms with Crippen LogP contribution < -0.4 is 0 Å². The van der Waals surface area contributed by atoms with Gasteiger partial charge in [0.2, 0.25) is 0 Å². The minimum atomic E-state index is -0.670. The van der Waals surface area contributed by atoms with Crippen LogP contribution in [0, 0.1) is 10.1 Å². The maximum atomic E-state index is 11.8. The number of hydrogen-bond donors (Lipinski definition) is 0. The summed E-state index contributed by atoms with van der Waals surface area (Å²) in [4.78, 5) is 33.3. The molecule has 0 heterocycles. The van der Waals surface area contributed by atoms with Crippen LogP contribution in [-0.2, 0) is 9.53 Å². The Morgan fingerprint density at radius 3 is 2.53 bits per heavy atom. The molecule has 1 aliphatic carbocycles. The van der Waals surface area contributed by atoms with Crippen molar-refractivity contribution < 1.29 is 19.2 Å². The lowest BCUT2D eigenvalue weighted by molar-refractivity contribution is -0.384. The van der Waals surface area contributed by atoms with E-state index >= 15 is 0 Å². The van der Waals surface area contributed by atoms with Crippen molar-refractivity contribution in [2.45, 2.75) is 31.8 Å². The molecule has 1 aromatic rings. The summed E-state index contributed by atoms with van der Waals surface area (Å²) in [5.41, 5.74) is 0.120. The molecule has 0 amide bonds. The van der Waals surface area contributed by atoms with Gasteiger partial charge in [0.05, 0.1) is 10.5 Å². The van der Waals surface area contributed by atoms with Gasteiger partial charge in [-0.1, -0.05) is 0 Å². The first-order valence-electron chi connectivity index (χ1n) is 6.06. The largest absolute Gasteiger partial charge is 0.451 e. The lowest BCUT2D eigenvalue weighted by Gasteiger charge is -2.20. The predicted octanol–water partition coefficient (Wildman–Crippen LogP) is 2.26. The molecule has 19 heavy (non-hydrogen) atoms. The summed E-state index contributed by atoms with van der Waals surface area (Å²) >= 11 is 0. The van der Waals surface area contributed by atoms with Crippen molar-refractivity contribution in [1.29, 1.82) is 0 Å². The molecule has 1 atom stereocenters. The highest BCUT2D eigenvalue weighted by molar-refractivity contribution is 5.93. The van der Waals surface area contributed by atoms with E-state index in [1.165, 1.54) is 24.3 Å². The fraction of sp³-hybridized carbons (Fsp3) is 0.385. The van der Waals surface area contributed by atoms with Crippen molar-refractivity contribution in [3.8, 4) is 0 Å². The van der Waals surface area contributed by atoms with Gasteiger partial charge in [-0.05, 0) is 31.4 Å². The van der Waals surface area contributed by atoms with Gasteiger partial charge in [-0.15, -0.1) is 0 Å². The summed E-state index contributed by atoms with van der Waals surface area (Å²) in [5, 5.41) is 10.5. The number of non-ortho nitro benzene ring substituents is 1. The van der Waals surface area contributed by atoms with E-state index in [1.54, 1.807) is 0 Å². The number of benzene rings is 1. The molecule has 0 radical (unpaired) electrons. The highest BCUT2D eigenvalue weighted by Gasteiger charge is 2.26. The molecular weight excluding hydrogens is 250 g/mol. The zero-order chi connectivity index (χ0) is 13.8. The summed E-state index contributed by atoms with van der Waals surface area (Å²) < 4.78 is 5.13.